The number of benzene rings is 2. The molecule has 1 fully saturated rings. The van der Waals surface area contributed by atoms with Crippen LogP contribution >= 0.6 is 11.6 Å². The van der Waals surface area contributed by atoms with Crippen molar-refractivity contribution in [1.29, 1.82) is 0 Å². The summed E-state index contributed by atoms with van der Waals surface area (Å²) >= 11 is 6.40. The Hall–Kier alpha value is -4.18. The number of carbonyl (C=O) groups excluding carboxylic acids is 1. The summed E-state index contributed by atoms with van der Waals surface area (Å²) in [6, 6.07) is 15.5. The van der Waals surface area contributed by atoms with E-state index in [1.807, 2.05) is 23.1 Å². The number of nitrogens with zero attached hydrogens (tertiary/aromatic N) is 5. The lowest BCUT2D eigenvalue weighted by Crippen LogP contribution is -2.50. The number of carbonyl (C=O) groups is 1. The average Bonchev–Trinajstić information content (AvgIpc) is 2.89. The largest absolute Gasteiger partial charge is 0.365 e. The van der Waals surface area contributed by atoms with Crippen molar-refractivity contribution in [2.75, 3.05) is 31.1 Å². The van der Waals surface area contributed by atoms with Gasteiger partial charge >= 0.3 is 0 Å². The van der Waals surface area contributed by atoms with Crippen molar-refractivity contribution >= 4 is 34.0 Å². The monoisotopic (exact) mass is 492 g/mol. The smallest absolute Gasteiger partial charge is 0.292 e. The number of nitrogens with one attached hydrogen (secondary N) is 1. The first kappa shape index (κ1) is 22.6. The van der Waals surface area contributed by atoms with Crippen LogP contribution in [-0.4, -0.2) is 56.5 Å². The molecule has 1 N–H and O–H groups in total. The first-order chi connectivity index (χ1) is 16.9. The lowest BCUT2D eigenvalue weighted by molar-refractivity contribution is -0.132. The Morgan fingerprint density at radius 2 is 1.54 bits per heavy atom. The summed E-state index contributed by atoms with van der Waals surface area (Å²) in [5.74, 6) is -0.290. The minimum Gasteiger partial charge on any atom is -0.365 e. The van der Waals surface area contributed by atoms with Crippen molar-refractivity contribution in [3.8, 4) is 5.69 Å². The van der Waals surface area contributed by atoms with E-state index in [0.717, 1.165) is 4.68 Å². The van der Waals surface area contributed by atoms with E-state index in [1.54, 1.807) is 47.5 Å². The molecule has 1 amide bonds. The molecule has 10 nitrogen and oxygen atoms in total. The van der Waals surface area contributed by atoms with Gasteiger partial charge in [0.1, 0.15) is 11.6 Å². The third-order valence-electron chi connectivity index (χ3n) is 6.05. The van der Waals surface area contributed by atoms with Crippen LogP contribution in [0.5, 0.6) is 0 Å². The number of piperazine rings is 1. The van der Waals surface area contributed by atoms with E-state index in [2.05, 4.69) is 10.2 Å². The van der Waals surface area contributed by atoms with Gasteiger partial charge in [0.05, 0.1) is 28.3 Å². The molecule has 2 aromatic heterocycles. The van der Waals surface area contributed by atoms with E-state index >= 15 is 0 Å². The summed E-state index contributed by atoms with van der Waals surface area (Å²) in [5.41, 5.74) is -0.155. The SMILES string of the molecule is O=C(Cn1[nH]c(=O)c2ccccc2c1=O)N1CCN(c2cnn(-c3ccccc3)c(=O)c2Cl)CC1. The molecule has 0 radical (unpaired) electrons. The molecule has 0 saturated carbocycles. The van der Waals surface area contributed by atoms with Crippen LogP contribution in [0, 0.1) is 0 Å². The van der Waals surface area contributed by atoms with Gasteiger partial charge < -0.3 is 9.80 Å². The quantitative estimate of drug-likeness (QED) is 0.458. The summed E-state index contributed by atoms with van der Waals surface area (Å²) in [6.45, 7) is 1.33. The molecule has 1 saturated heterocycles. The highest BCUT2D eigenvalue weighted by Gasteiger charge is 2.25. The molecule has 0 atom stereocenters. The fourth-order valence-corrected chi connectivity index (χ4v) is 4.44. The molecule has 178 valence electrons. The molecule has 0 aliphatic carbocycles. The molecule has 0 bridgehead atoms. The fourth-order valence-electron chi connectivity index (χ4n) is 4.19. The normalized spacial score (nSPS) is 13.9. The number of anilines is 1. The molecular formula is C24H21ClN6O4. The predicted molar refractivity (Wildman–Crippen MR) is 132 cm³/mol. The second kappa shape index (κ2) is 9.22. The summed E-state index contributed by atoms with van der Waals surface area (Å²) in [6.07, 6.45) is 1.55. The lowest BCUT2D eigenvalue weighted by atomic mass is 10.2. The van der Waals surface area contributed by atoms with Crippen LogP contribution < -0.4 is 21.6 Å². The standard InChI is InChI=1S/C24H21ClN6O4/c25-21-19(14-26-31(24(21)35)16-6-2-1-3-7-16)28-10-12-29(13-11-28)20(32)15-30-23(34)18-9-5-4-8-17(18)22(33)27-30/h1-9,14H,10-13,15H2,(H,27,33). The van der Waals surface area contributed by atoms with Gasteiger partial charge in [-0.05, 0) is 24.3 Å². The maximum atomic E-state index is 12.9. The molecule has 4 aromatic rings. The van der Waals surface area contributed by atoms with Crippen LogP contribution in [0.4, 0.5) is 5.69 Å². The number of aromatic amines is 1. The van der Waals surface area contributed by atoms with Gasteiger partial charge in [-0.2, -0.15) is 9.78 Å². The van der Waals surface area contributed by atoms with Crippen LogP contribution in [-0.2, 0) is 11.3 Å². The Balaban J connectivity index is 1.29. The van der Waals surface area contributed by atoms with E-state index in [9.17, 15) is 19.2 Å². The van der Waals surface area contributed by atoms with Gasteiger partial charge in [0.15, 0.2) is 0 Å². The maximum Gasteiger partial charge on any atom is 0.292 e. The molecule has 3 heterocycles. The molecule has 35 heavy (non-hydrogen) atoms. The molecule has 0 spiro atoms. The second-order valence-corrected chi connectivity index (χ2v) is 8.52. The van der Waals surface area contributed by atoms with Gasteiger partial charge in [0, 0.05) is 26.2 Å². The Morgan fingerprint density at radius 3 is 2.26 bits per heavy atom. The van der Waals surface area contributed by atoms with Crippen molar-refractivity contribution in [2.24, 2.45) is 0 Å². The van der Waals surface area contributed by atoms with Gasteiger partial charge in [-0.25, -0.2) is 4.68 Å². The molecule has 0 unspecified atom stereocenters. The van der Waals surface area contributed by atoms with Gasteiger partial charge in [-0.15, -0.1) is 0 Å². The number of aromatic nitrogens is 4. The highest BCUT2D eigenvalue weighted by molar-refractivity contribution is 6.33. The van der Waals surface area contributed by atoms with Gasteiger partial charge in [0.2, 0.25) is 5.91 Å². The fraction of sp³-hybridized carbons (Fsp3) is 0.208. The predicted octanol–water partition coefficient (Wildman–Crippen LogP) is 1.24. The molecule has 1 aliphatic heterocycles. The van der Waals surface area contributed by atoms with E-state index in [4.69, 9.17) is 11.6 Å². The summed E-state index contributed by atoms with van der Waals surface area (Å²) in [4.78, 5) is 54.1. The van der Waals surface area contributed by atoms with Crippen LogP contribution in [0.2, 0.25) is 5.02 Å². The Labute approximate surface area is 203 Å². The zero-order chi connectivity index (χ0) is 24.5. The zero-order valence-electron chi connectivity index (χ0n) is 18.6. The van der Waals surface area contributed by atoms with E-state index in [1.165, 1.54) is 4.68 Å². The molecular weight excluding hydrogens is 472 g/mol. The third kappa shape index (κ3) is 4.24. The molecule has 1 aliphatic rings. The lowest BCUT2D eigenvalue weighted by Gasteiger charge is -2.36. The van der Waals surface area contributed by atoms with Crippen molar-refractivity contribution in [1.82, 2.24) is 24.5 Å². The Morgan fingerprint density at radius 1 is 0.886 bits per heavy atom. The number of halogens is 1. The van der Waals surface area contributed by atoms with Crippen molar-refractivity contribution in [3.05, 3.63) is 96.9 Å². The first-order valence-corrected chi connectivity index (χ1v) is 11.4. The minimum atomic E-state index is -0.427. The highest BCUT2D eigenvalue weighted by Crippen LogP contribution is 2.23. The number of hydrogen-bond acceptors (Lipinski definition) is 6. The number of hydrogen-bond donors (Lipinski definition) is 1. The van der Waals surface area contributed by atoms with Crippen LogP contribution in [0.3, 0.4) is 0 Å². The van der Waals surface area contributed by atoms with Crippen molar-refractivity contribution in [3.63, 3.8) is 0 Å². The number of amides is 1. The second-order valence-electron chi connectivity index (χ2n) is 8.14. The van der Waals surface area contributed by atoms with Crippen LogP contribution in [0.25, 0.3) is 16.5 Å². The summed E-state index contributed by atoms with van der Waals surface area (Å²) in [7, 11) is 0. The summed E-state index contributed by atoms with van der Waals surface area (Å²) < 4.78 is 2.29. The molecule has 2 aromatic carbocycles. The highest BCUT2D eigenvalue weighted by atomic mass is 35.5. The van der Waals surface area contributed by atoms with Gasteiger partial charge in [0.25, 0.3) is 16.7 Å². The third-order valence-corrected chi connectivity index (χ3v) is 6.41. The maximum absolute atomic E-state index is 12.9. The average molecular weight is 493 g/mol. The Kier molecular flexibility index (Phi) is 5.96. The number of para-hydroxylation sites is 1. The summed E-state index contributed by atoms with van der Waals surface area (Å²) in [5, 5.41) is 7.36. The topological polar surface area (TPSA) is 113 Å². The number of H-pyrrole nitrogens is 1. The van der Waals surface area contributed by atoms with Gasteiger partial charge in [-0.3, -0.25) is 24.3 Å². The Bertz CT molecular complexity index is 1590. The van der Waals surface area contributed by atoms with Crippen molar-refractivity contribution < 1.29 is 4.79 Å². The van der Waals surface area contributed by atoms with Crippen LogP contribution in [0.15, 0.2) is 75.2 Å². The minimum absolute atomic E-state index is 0.0592. The molecule has 11 heteroatoms. The zero-order valence-corrected chi connectivity index (χ0v) is 19.3. The number of fused-ring (bicyclic) bond motifs is 1. The van der Waals surface area contributed by atoms with E-state index in [0.29, 0.717) is 37.6 Å². The number of rotatable bonds is 4. The van der Waals surface area contributed by atoms with E-state index in [-0.39, 0.29) is 28.2 Å². The molecule has 5 rings (SSSR count). The van der Waals surface area contributed by atoms with E-state index < -0.39 is 16.7 Å². The van der Waals surface area contributed by atoms with Gasteiger partial charge in [-0.1, -0.05) is 41.9 Å². The van der Waals surface area contributed by atoms with Crippen LogP contribution in [0.1, 0.15) is 0 Å². The van der Waals surface area contributed by atoms with Crippen molar-refractivity contribution in [2.45, 2.75) is 6.54 Å². The first-order valence-electron chi connectivity index (χ1n) is 11.0.